The first-order valence-electron chi connectivity index (χ1n) is 34.4. The Balaban J connectivity index is 5.24. The van der Waals surface area contributed by atoms with Crippen molar-refractivity contribution in [2.24, 2.45) is 17.8 Å². The number of phosphoric ester groups is 2. The van der Waals surface area contributed by atoms with Gasteiger partial charge in [-0.15, -0.1) is 0 Å². The van der Waals surface area contributed by atoms with E-state index in [0.717, 1.165) is 120 Å². The van der Waals surface area contributed by atoms with Crippen molar-refractivity contribution in [3.8, 4) is 0 Å². The van der Waals surface area contributed by atoms with E-state index >= 15 is 0 Å². The molecule has 7 atom stereocenters. The first-order chi connectivity index (χ1) is 40.8. The maximum atomic E-state index is 13.0. The lowest BCUT2D eigenvalue weighted by Gasteiger charge is -2.21. The molecule has 17 nitrogen and oxygen atoms in total. The molecule has 0 aliphatic rings. The number of rotatable bonds is 64. The Hall–Kier alpha value is -1.94. The zero-order valence-corrected chi connectivity index (χ0v) is 56.9. The van der Waals surface area contributed by atoms with Crippen LogP contribution < -0.4 is 0 Å². The topological polar surface area (TPSA) is 237 Å². The highest BCUT2D eigenvalue weighted by Crippen LogP contribution is 2.45. The van der Waals surface area contributed by atoms with Crippen molar-refractivity contribution in [3.63, 3.8) is 0 Å². The third kappa shape index (κ3) is 58.2. The van der Waals surface area contributed by atoms with Crippen molar-refractivity contribution in [1.29, 1.82) is 0 Å². The van der Waals surface area contributed by atoms with E-state index in [1.54, 1.807) is 0 Å². The van der Waals surface area contributed by atoms with Crippen molar-refractivity contribution >= 4 is 39.5 Å². The van der Waals surface area contributed by atoms with E-state index in [9.17, 15) is 43.2 Å². The number of hydrogen-bond donors (Lipinski definition) is 3. The Labute approximate surface area is 517 Å². The molecule has 0 aromatic rings. The van der Waals surface area contributed by atoms with Crippen LogP contribution in [-0.2, 0) is 65.4 Å². The second kappa shape index (κ2) is 57.2. The van der Waals surface area contributed by atoms with Crippen LogP contribution in [0.4, 0.5) is 0 Å². The van der Waals surface area contributed by atoms with Gasteiger partial charge in [-0.25, -0.2) is 9.13 Å². The van der Waals surface area contributed by atoms with Crippen molar-refractivity contribution in [3.05, 3.63) is 0 Å². The summed E-state index contributed by atoms with van der Waals surface area (Å²) in [5.41, 5.74) is 0. The van der Waals surface area contributed by atoms with Crippen molar-refractivity contribution in [1.82, 2.24) is 0 Å². The molecule has 85 heavy (non-hydrogen) atoms. The van der Waals surface area contributed by atoms with Gasteiger partial charge in [0.05, 0.1) is 26.4 Å². The summed E-state index contributed by atoms with van der Waals surface area (Å²) in [7, 11) is -9.89. The number of phosphoric acid groups is 2. The van der Waals surface area contributed by atoms with E-state index in [2.05, 4.69) is 48.5 Å². The third-order valence-corrected chi connectivity index (χ3v) is 17.8. The molecule has 3 N–H and O–H groups in total. The van der Waals surface area contributed by atoms with Crippen molar-refractivity contribution in [2.75, 3.05) is 39.6 Å². The summed E-state index contributed by atoms with van der Waals surface area (Å²) in [6, 6.07) is 0. The Morgan fingerprint density at radius 1 is 0.341 bits per heavy atom. The molecule has 504 valence electrons. The van der Waals surface area contributed by atoms with Gasteiger partial charge in [0.25, 0.3) is 0 Å². The molecule has 0 rings (SSSR count). The van der Waals surface area contributed by atoms with Crippen LogP contribution in [-0.4, -0.2) is 96.7 Å². The summed E-state index contributed by atoms with van der Waals surface area (Å²) < 4.78 is 68.0. The summed E-state index contributed by atoms with van der Waals surface area (Å²) in [5.74, 6) is 0.179. The fourth-order valence-electron chi connectivity index (χ4n) is 9.77. The Morgan fingerprint density at radius 2 is 0.600 bits per heavy atom. The third-order valence-electron chi connectivity index (χ3n) is 15.9. The summed E-state index contributed by atoms with van der Waals surface area (Å²) in [6.45, 7) is 11.8. The van der Waals surface area contributed by atoms with Gasteiger partial charge in [0.2, 0.25) is 0 Å². The smallest absolute Gasteiger partial charge is 0.462 e. The maximum Gasteiger partial charge on any atom is 0.472 e. The molecule has 0 aliphatic heterocycles. The largest absolute Gasteiger partial charge is 0.472 e. The molecule has 0 saturated carbocycles. The number of aliphatic hydroxyl groups is 1. The molecule has 0 aromatic carbocycles. The number of ether oxygens (including phenoxy) is 4. The molecule has 0 amide bonds. The molecular weight excluding hydrogens is 1130 g/mol. The minimum Gasteiger partial charge on any atom is -0.462 e. The highest BCUT2D eigenvalue weighted by atomic mass is 31.2. The number of aliphatic hydroxyl groups excluding tert-OH is 1. The molecule has 0 heterocycles. The molecule has 4 unspecified atom stereocenters. The molecule has 0 aromatic heterocycles. The lowest BCUT2D eigenvalue weighted by atomic mass is 9.99. The average Bonchev–Trinajstić information content (AvgIpc) is 3.55. The van der Waals surface area contributed by atoms with Gasteiger partial charge in [0.15, 0.2) is 12.2 Å². The van der Waals surface area contributed by atoms with Crippen LogP contribution in [0.1, 0.15) is 325 Å². The highest BCUT2D eigenvalue weighted by molar-refractivity contribution is 7.47. The van der Waals surface area contributed by atoms with Crippen LogP contribution in [0, 0.1) is 17.8 Å². The van der Waals surface area contributed by atoms with Gasteiger partial charge in [0, 0.05) is 25.7 Å². The quantitative estimate of drug-likeness (QED) is 0.0222. The summed E-state index contributed by atoms with van der Waals surface area (Å²) in [4.78, 5) is 72.2. The second-order valence-electron chi connectivity index (χ2n) is 24.8. The van der Waals surface area contributed by atoms with E-state index in [1.807, 2.05) is 0 Å². The number of unbranched alkanes of at least 4 members (excludes halogenated alkanes) is 30. The Kier molecular flexibility index (Phi) is 55.9. The molecular formula is C66H128O17P2. The van der Waals surface area contributed by atoms with Crippen LogP contribution in [0.2, 0.25) is 0 Å². The molecule has 0 bridgehead atoms. The van der Waals surface area contributed by atoms with Crippen molar-refractivity contribution in [2.45, 2.75) is 343 Å². The van der Waals surface area contributed by atoms with Gasteiger partial charge < -0.3 is 33.8 Å². The second-order valence-corrected chi connectivity index (χ2v) is 27.7. The molecule has 0 fully saturated rings. The van der Waals surface area contributed by atoms with Crippen LogP contribution in [0.3, 0.4) is 0 Å². The maximum absolute atomic E-state index is 13.0. The van der Waals surface area contributed by atoms with E-state index in [4.69, 9.17) is 37.0 Å². The SMILES string of the molecule is CCCCCCCCCC(=O)OC[C@H](COP(=O)(O)OC[C@H](O)COP(=O)(O)OC[C@@H](COC(=O)CCCCCCCCCCCC(C)C)OC(=O)CCCCCCCCCCCCC(C)CC)OC(=O)CCCCCCCCCCC(C)CC. The predicted molar refractivity (Wildman–Crippen MR) is 340 cm³/mol. The lowest BCUT2D eigenvalue weighted by molar-refractivity contribution is -0.161. The first kappa shape index (κ1) is 83.1. The van der Waals surface area contributed by atoms with Gasteiger partial charge in [-0.1, -0.05) is 273 Å². The number of hydrogen-bond acceptors (Lipinski definition) is 15. The molecule has 0 spiro atoms. The van der Waals surface area contributed by atoms with Crippen molar-refractivity contribution < 1.29 is 80.2 Å². The van der Waals surface area contributed by atoms with Crippen LogP contribution in [0.25, 0.3) is 0 Å². The summed E-state index contributed by atoms with van der Waals surface area (Å²) >= 11 is 0. The van der Waals surface area contributed by atoms with E-state index in [-0.39, 0.29) is 25.7 Å². The monoisotopic (exact) mass is 1250 g/mol. The lowest BCUT2D eigenvalue weighted by Crippen LogP contribution is -2.30. The average molecular weight is 1260 g/mol. The number of esters is 4. The van der Waals surface area contributed by atoms with Gasteiger partial charge in [-0.2, -0.15) is 0 Å². The van der Waals surface area contributed by atoms with Crippen LogP contribution in [0.15, 0.2) is 0 Å². The van der Waals surface area contributed by atoms with Gasteiger partial charge >= 0.3 is 39.5 Å². The van der Waals surface area contributed by atoms with Gasteiger partial charge in [-0.05, 0) is 43.4 Å². The minimum atomic E-state index is -4.95. The van der Waals surface area contributed by atoms with E-state index in [1.165, 1.54) is 122 Å². The predicted octanol–water partition coefficient (Wildman–Crippen LogP) is 18.3. The number of carbonyl (C=O) groups excluding carboxylic acids is 4. The Bertz CT molecular complexity index is 1690. The molecule has 0 aliphatic carbocycles. The molecule has 0 saturated heterocycles. The summed E-state index contributed by atoms with van der Waals surface area (Å²) in [6.07, 6.45) is 38.9. The number of carbonyl (C=O) groups is 4. The Morgan fingerprint density at radius 3 is 0.894 bits per heavy atom. The van der Waals surface area contributed by atoms with Crippen LogP contribution in [0.5, 0.6) is 0 Å². The minimum absolute atomic E-state index is 0.104. The first-order valence-corrected chi connectivity index (χ1v) is 37.4. The molecule has 19 heteroatoms. The van der Waals surface area contributed by atoms with E-state index in [0.29, 0.717) is 25.7 Å². The fourth-order valence-corrected chi connectivity index (χ4v) is 11.3. The standard InChI is InChI=1S/C66H128O17P2/c1-8-11-12-13-23-33-40-47-63(68)76-53-61(83-66(71)50-43-36-29-22-21-26-32-39-46-59(7)10-3)55-80-84(72,73)78-51-60(67)52-79-85(74,75)81-56-62(54-77-64(69)48-41-34-27-20-16-17-24-30-37-44-57(4)5)82-65(70)49-42-35-28-19-15-14-18-25-31-38-45-58(6)9-2/h57-62,67H,8-56H2,1-7H3,(H,72,73)(H,74,75)/t58?,59?,60-,61+,62+/m0/s1. The van der Waals surface area contributed by atoms with Gasteiger partial charge in [-0.3, -0.25) is 37.3 Å². The summed E-state index contributed by atoms with van der Waals surface area (Å²) in [5, 5.41) is 10.5. The zero-order chi connectivity index (χ0) is 63.1. The van der Waals surface area contributed by atoms with Gasteiger partial charge in [0.1, 0.15) is 19.3 Å². The molecule has 0 radical (unpaired) electrons. The highest BCUT2D eigenvalue weighted by Gasteiger charge is 2.30. The fraction of sp³-hybridized carbons (Fsp3) is 0.939. The van der Waals surface area contributed by atoms with E-state index < -0.39 is 97.5 Å². The van der Waals surface area contributed by atoms with Crippen LogP contribution >= 0.6 is 15.6 Å². The normalized spacial score (nSPS) is 15.0. The zero-order valence-electron chi connectivity index (χ0n) is 55.1.